The van der Waals surface area contributed by atoms with Crippen molar-refractivity contribution < 1.29 is 0 Å². The molecule has 2 aromatic rings. The van der Waals surface area contributed by atoms with Crippen molar-refractivity contribution in [3.63, 3.8) is 0 Å². The molecule has 2 heterocycles. The van der Waals surface area contributed by atoms with Gasteiger partial charge >= 0.3 is 0 Å². The number of nitrogens with two attached hydrogens (primary N) is 1. The molecule has 2 aromatic heterocycles. The topological polar surface area (TPSA) is 38.9 Å². The van der Waals surface area contributed by atoms with Gasteiger partial charge in [-0.15, -0.1) is 0 Å². The zero-order valence-electron chi connectivity index (χ0n) is 7.35. The number of nitrogens with zero attached hydrogens (tertiary/aromatic N) is 1. The third-order valence-electron chi connectivity index (χ3n) is 2.03. The van der Waals surface area contributed by atoms with Gasteiger partial charge in [-0.2, -0.15) is 11.3 Å². The minimum atomic E-state index is -0.178. The summed E-state index contributed by atoms with van der Waals surface area (Å²) < 4.78 is 0. The lowest BCUT2D eigenvalue weighted by atomic mass is 10.0. The first kappa shape index (κ1) is 9.65. The predicted octanol–water partition coefficient (Wildman–Crippen LogP) is 2.84. The molecule has 0 bridgehead atoms. The highest BCUT2D eigenvalue weighted by molar-refractivity contribution is 7.08. The Hall–Kier alpha value is -0.900. The Morgan fingerprint density at radius 3 is 2.93 bits per heavy atom. The first-order chi connectivity index (χ1) is 6.79. The van der Waals surface area contributed by atoms with E-state index in [0.717, 1.165) is 11.1 Å². The molecule has 2 rings (SSSR count). The summed E-state index contributed by atoms with van der Waals surface area (Å²) in [5.74, 6) is 0. The minimum absolute atomic E-state index is 0.178. The first-order valence-electron chi connectivity index (χ1n) is 4.17. The Bertz CT molecular complexity index is 414. The summed E-state index contributed by atoms with van der Waals surface area (Å²) in [6.45, 7) is 0. The molecule has 0 spiro atoms. The molecule has 0 aliphatic rings. The summed E-state index contributed by atoms with van der Waals surface area (Å²) in [5, 5.41) is 4.50. The summed E-state index contributed by atoms with van der Waals surface area (Å²) in [6, 6.07) is 5.56. The van der Waals surface area contributed by atoms with Crippen LogP contribution < -0.4 is 5.73 Å². The average Bonchev–Trinajstić information content (AvgIpc) is 2.70. The van der Waals surface area contributed by atoms with E-state index in [0.29, 0.717) is 5.15 Å². The van der Waals surface area contributed by atoms with Crippen molar-refractivity contribution >= 4 is 22.9 Å². The molecule has 0 aromatic carbocycles. The van der Waals surface area contributed by atoms with Gasteiger partial charge in [-0.1, -0.05) is 17.7 Å². The van der Waals surface area contributed by atoms with Crippen LogP contribution in [0, 0.1) is 0 Å². The number of hydrogen-bond donors (Lipinski definition) is 1. The second-order valence-corrected chi connectivity index (χ2v) is 4.06. The van der Waals surface area contributed by atoms with E-state index >= 15 is 0 Å². The molecule has 0 radical (unpaired) electrons. The summed E-state index contributed by atoms with van der Waals surface area (Å²) in [5.41, 5.74) is 7.99. The smallest absolute Gasteiger partial charge is 0.134 e. The molecule has 1 atom stereocenters. The van der Waals surface area contributed by atoms with Crippen molar-refractivity contribution in [2.75, 3.05) is 0 Å². The van der Waals surface area contributed by atoms with E-state index in [1.807, 2.05) is 29.0 Å². The second-order valence-electron chi connectivity index (χ2n) is 2.92. The van der Waals surface area contributed by atoms with Crippen molar-refractivity contribution in [2.45, 2.75) is 6.04 Å². The molecule has 0 saturated carbocycles. The van der Waals surface area contributed by atoms with Gasteiger partial charge in [-0.25, -0.2) is 4.98 Å². The average molecular weight is 225 g/mol. The zero-order chi connectivity index (χ0) is 9.97. The van der Waals surface area contributed by atoms with Crippen LogP contribution >= 0.6 is 22.9 Å². The van der Waals surface area contributed by atoms with E-state index < -0.39 is 0 Å². The fourth-order valence-corrected chi connectivity index (χ4v) is 2.20. The van der Waals surface area contributed by atoms with E-state index in [9.17, 15) is 0 Å². The monoisotopic (exact) mass is 224 g/mol. The number of aromatic nitrogens is 1. The van der Waals surface area contributed by atoms with Gasteiger partial charge in [0.15, 0.2) is 0 Å². The molecule has 0 fully saturated rings. The SMILES string of the molecule is N[C@@H](c1ccsc1)c1cccnc1Cl. The third-order valence-corrected chi connectivity index (χ3v) is 3.04. The molecule has 72 valence electrons. The molecule has 0 amide bonds. The van der Waals surface area contributed by atoms with Crippen LogP contribution in [0.1, 0.15) is 17.2 Å². The number of halogens is 1. The minimum Gasteiger partial charge on any atom is -0.320 e. The third kappa shape index (κ3) is 1.80. The molecule has 14 heavy (non-hydrogen) atoms. The largest absolute Gasteiger partial charge is 0.320 e. The van der Waals surface area contributed by atoms with E-state index in [1.165, 1.54) is 0 Å². The number of rotatable bonds is 2. The number of hydrogen-bond acceptors (Lipinski definition) is 3. The van der Waals surface area contributed by atoms with E-state index in [4.69, 9.17) is 17.3 Å². The molecular weight excluding hydrogens is 216 g/mol. The molecule has 0 saturated heterocycles. The predicted molar refractivity (Wildman–Crippen MR) is 59.6 cm³/mol. The first-order valence-corrected chi connectivity index (χ1v) is 5.49. The molecule has 0 aliphatic heterocycles. The van der Waals surface area contributed by atoms with Gasteiger partial charge in [0.1, 0.15) is 5.15 Å². The molecule has 4 heteroatoms. The van der Waals surface area contributed by atoms with Gasteiger partial charge in [0.25, 0.3) is 0 Å². The Morgan fingerprint density at radius 2 is 2.29 bits per heavy atom. The van der Waals surface area contributed by atoms with Crippen LogP contribution in [0.5, 0.6) is 0 Å². The lowest BCUT2D eigenvalue weighted by Gasteiger charge is -2.10. The van der Waals surface area contributed by atoms with Crippen LogP contribution in [0.2, 0.25) is 5.15 Å². The van der Waals surface area contributed by atoms with E-state index in [2.05, 4.69) is 4.98 Å². The van der Waals surface area contributed by atoms with Gasteiger partial charge in [0.2, 0.25) is 0 Å². The van der Waals surface area contributed by atoms with E-state index in [1.54, 1.807) is 17.5 Å². The van der Waals surface area contributed by atoms with Crippen LogP contribution in [0.3, 0.4) is 0 Å². The normalized spacial score (nSPS) is 12.7. The van der Waals surface area contributed by atoms with E-state index in [-0.39, 0.29) is 6.04 Å². The van der Waals surface area contributed by atoms with Crippen molar-refractivity contribution in [2.24, 2.45) is 5.73 Å². The number of pyridine rings is 1. The van der Waals surface area contributed by atoms with Crippen molar-refractivity contribution in [1.82, 2.24) is 4.98 Å². The van der Waals surface area contributed by atoms with Crippen molar-refractivity contribution in [1.29, 1.82) is 0 Å². The molecule has 2 nitrogen and oxygen atoms in total. The van der Waals surface area contributed by atoms with Crippen LogP contribution in [-0.2, 0) is 0 Å². The summed E-state index contributed by atoms with van der Waals surface area (Å²) in [4.78, 5) is 4.00. The summed E-state index contributed by atoms with van der Waals surface area (Å²) >= 11 is 7.57. The highest BCUT2D eigenvalue weighted by atomic mass is 35.5. The van der Waals surface area contributed by atoms with Gasteiger partial charge in [0, 0.05) is 11.8 Å². The Kier molecular flexibility index (Phi) is 2.82. The zero-order valence-corrected chi connectivity index (χ0v) is 8.92. The summed E-state index contributed by atoms with van der Waals surface area (Å²) in [6.07, 6.45) is 1.66. The fourth-order valence-electron chi connectivity index (χ4n) is 1.26. The maximum atomic E-state index is 6.04. The standard InChI is InChI=1S/C10H9ClN2S/c11-10-8(2-1-4-13-10)9(12)7-3-5-14-6-7/h1-6,9H,12H2/t9-/m0/s1. The maximum Gasteiger partial charge on any atom is 0.134 e. The van der Waals surface area contributed by atoms with Crippen LogP contribution in [0.15, 0.2) is 35.2 Å². The van der Waals surface area contributed by atoms with Gasteiger partial charge in [-0.05, 0) is 28.5 Å². The van der Waals surface area contributed by atoms with Crippen LogP contribution in [0.4, 0.5) is 0 Å². The van der Waals surface area contributed by atoms with Gasteiger partial charge < -0.3 is 5.73 Å². The highest BCUT2D eigenvalue weighted by Crippen LogP contribution is 2.25. The maximum absolute atomic E-state index is 6.04. The van der Waals surface area contributed by atoms with Gasteiger partial charge in [-0.3, -0.25) is 0 Å². The molecule has 2 N–H and O–H groups in total. The molecular formula is C10H9ClN2S. The van der Waals surface area contributed by atoms with Crippen molar-refractivity contribution in [3.8, 4) is 0 Å². The second kappa shape index (κ2) is 4.09. The lowest BCUT2D eigenvalue weighted by molar-refractivity contribution is 0.868. The summed E-state index contributed by atoms with van der Waals surface area (Å²) in [7, 11) is 0. The Balaban J connectivity index is 2.37. The number of thiophene rings is 1. The fraction of sp³-hybridized carbons (Fsp3) is 0.100. The molecule has 0 unspecified atom stereocenters. The van der Waals surface area contributed by atoms with Crippen molar-refractivity contribution in [3.05, 3.63) is 51.4 Å². The lowest BCUT2D eigenvalue weighted by Crippen LogP contribution is -2.11. The Morgan fingerprint density at radius 1 is 1.43 bits per heavy atom. The van der Waals surface area contributed by atoms with Gasteiger partial charge in [0.05, 0.1) is 6.04 Å². The molecule has 0 aliphatic carbocycles. The van der Waals surface area contributed by atoms with Crippen LogP contribution in [-0.4, -0.2) is 4.98 Å². The quantitative estimate of drug-likeness (QED) is 0.797. The van der Waals surface area contributed by atoms with Crippen LogP contribution in [0.25, 0.3) is 0 Å². The highest BCUT2D eigenvalue weighted by Gasteiger charge is 2.12. The Labute approximate surface area is 91.4 Å².